The van der Waals surface area contributed by atoms with Gasteiger partial charge in [0.25, 0.3) is 11.8 Å². The number of rotatable bonds is 6. The largest absolute Gasteiger partial charge is 0.351 e. The second kappa shape index (κ2) is 9.34. The Morgan fingerprint density at radius 2 is 1.60 bits per heavy atom. The first-order valence-corrected chi connectivity index (χ1v) is 6.51. The zero-order valence-corrected chi connectivity index (χ0v) is 12.7. The molecule has 0 aliphatic carbocycles. The summed E-state index contributed by atoms with van der Waals surface area (Å²) in [5.74, 6) is -0.189. The zero-order valence-electron chi connectivity index (χ0n) is 11.9. The van der Waals surface area contributed by atoms with E-state index in [1.165, 1.54) is 0 Å². The van der Waals surface area contributed by atoms with E-state index in [1.807, 2.05) is 13.8 Å². The van der Waals surface area contributed by atoms with Gasteiger partial charge in [0, 0.05) is 37.3 Å². The predicted octanol–water partition coefficient (Wildman–Crippen LogP) is 1.28. The van der Waals surface area contributed by atoms with Crippen molar-refractivity contribution in [3.8, 4) is 0 Å². The summed E-state index contributed by atoms with van der Waals surface area (Å²) in [6, 6.07) is 6.67. The molecule has 20 heavy (non-hydrogen) atoms. The Morgan fingerprint density at radius 3 is 2.05 bits per heavy atom. The molecule has 0 unspecified atom stereocenters. The van der Waals surface area contributed by atoms with Crippen molar-refractivity contribution in [2.24, 2.45) is 5.73 Å². The van der Waals surface area contributed by atoms with Gasteiger partial charge in [-0.25, -0.2) is 0 Å². The quantitative estimate of drug-likeness (QED) is 0.831. The summed E-state index contributed by atoms with van der Waals surface area (Å²) in [6.07, 6.45) is 0. The van der Waals surface area contributed by atoms with Gasteiger partial charge >= 0.3 is 0 Å². The van der Waals surface area contributed by atoms with Crippen molar-refractivity contribution in [1.29, 1.82) is 0 Å². The maximum absolute atomic E-state index is 12.1. The van der Waals surface area contributed by atoms with Gasteiger partial charge in [-0.15, -0.1) is 12.4 Å². The summed E-state index contributed by atoms with van der Waals surface area (Å²) in [5.41, 5.74) is 6.45. The van der Waals surface area contributed by atoms with Crippen LogP contribution in [0.5, 0.6) is 0 Å². The van der Waals surface area contributed by atoms with Crippen molar-refractivity contribution in [3.63, 3.8) is 0 Å². The maximum atomic E-state index is 12.1. The van der Waals surface area contributed by atoms with Crippen LogP contribution in [0, 0.1) is 0 Å². The minimum absolute atomic E-state index is 0. The second-order valence-electron chi connectivity index (χ2n) is 4.10. The van der Waals surface area contributed by atoms with Crippen LogP contribution < -0.4 is 11.1 Å². The average Bonchev–Trinajstić information content (AvgIpc) is 2.46. The van der Waals surface area contributed by atoms with Gasteiger partial charge in [-0.3, -0.25) is 9.59 Å². The topological polar surface area (TPSA) is 75.4 Å². The number of carbonyl (C=O) groups excluding carboxylic acids is 2. The van der Waals surface area contributed by atoms with Crippen LogP contribution in [0.3, 0.4) is 0 Å². The highest BCUT2D eigenvalue weighted by Gasteiger charge is 2.13. The molecule has 3 N–H and O–H groups in total. The fourth-order valence-electron chi connectivity index (χ4n) is 1.75. The lowest BCUT2D eigenvalue weighted by molar-refractivity contribution is 0.0772. The molecular formula is C14H22ClN3O2. The number of hydrogen-bond acceptors (Lipinski definition) is 3. The summed E-state index contributed by atoms with van der Waals surface area (Å²) >= 11 is 0. The number of benzene rings is 1. The van der Waals surface area contributed by atoms with E-state index in [1.54, 1.807) is 29.2 Å². The molecular weight excluding hydrogens is 278 g/mol. The molecule has 0 aromatic heterocycles. The van der Waals surface area contributed by atoms with Crippen LogP contribution in [0.1, 0.15) is 34.6 Å². The summed E-state index contributed by atoms with van der Waals surface area (Å²) in [7, 11) is 0. The van der Waals surface area contributed by atoms with Crippen LogP contribution in [-0.2, 0) is 0 Å². The van der Waals surface area contributed by atoms with Crippen molar-refractivity contribution in [3.05, 3.63) is 35.4 Å². The van der Waals surface area contributed by atoms with Crippen LogP contribution in [0.15, 0.2) is 24.3 Å². The Bertz CT molecular complexity index is 431. The Labute approximate surface area is 125 Å². The van der Waals surface area contributed by atoms with Crippen molar-refractivity contribution in [2.45, 2.75) is 13.8 Å². The Kier molecular flexibility index (Phi) is 8.59. The number of nitrogens with one attached hydrogen (secondary N) is 1. The van der Waals surface area contributed by atoms with E-state index < -0.39 is 0 Å². The van der Waals surface area contributed by atoms with Gasteiger partial charge in [-0.2, -0.15) is 0 Å². The first kappa shape index (κ1) is 18.4. The molecule has 1 aromatic carbocycles. The second-order valence-corrected chi connectivity index (χ2v) is 4.10. The van der Waals surface area contributed by atoms with Gasteiger partial charge in [-0.1, -0.05) is 0 Å². The lowest BCUT2D eigenvalue weighted by Crippen LogP contribution is -2.31. The standard InChI is InChI=1S/C14H21N3O2.ClH/c1-3-17(4-2)14(19)12-7-5-11(6-8-12)13(18)16-10-9-15;/h5-8H,3-4,9-10,15H2,1-2H3,(H,16,18);1H. The van der Waals surface area contributed by atoms with Gasteiger partial charge in [-0.05, 0) is 38.1 Å². The molecule has 0 saturated heterocycles. The van der Waals surface area contributed by atoms with E-state index in [0.29, 0.717) is 37.3 Å². The number of hydrogen-bond donors (Lipinski definition) is 2. The lowest BCUT2D eigenvalue weighted by atomic mass is 10.1. The monoisotopic (exact) mass is 299 g/mol. The molecule has 0 spiro atoms. The van der Waals surface area contributed by atoms with E-state index >= 15 is 0 Å². The Hall–Kier alpha value is -1.59. The Morgan fingerprint density at radius 1 is 1.10 bits per heavy atom. The van der Waals surface area contributed by atoms with E-state index in [0.717, 1.165) is 0 Å². The minimum Gasteiger partial charge on any atom is -0.351 e. The van der Waals surface area contributed by atoms with Crippen LogP contribution >= 0.6 is 12.4 Å². The number of amides is 2. The highest BCUT2D eigenvalue weighted by molar-refractivity contribution is 5.97. The van der Waals surface area contributed by atoms with Crippen molar-refractivity contribution in [2.75, 3.05) is 26.2 Å². The lowest BCUT2D eigenvalue weighted by Gasteiger charge is -2.18. The molecule has 112 valence electrons. The normalized spacial score (nSPS) is 9.55. The Balaban J connectivity index is 0.00000361. The maximum Gasteiger partial charge on any atom is 0.253 e. The van der Waals surface area contributed by atoms with Crippen LogP contribution in [0.25, 0.3) is 0 Å². The molecule has 1 aromatic rings. The predicted molar refractivity (Wildman–Crippen MR) is 82.3 cm³/mol. The van der Waals surface area contributed by atoms with Crippen molar-refractivity contribution >= 4 is 24.2 Å². The van der Waals surface area contributed by atoms with Gasteiger partial charge in [0.05, 0.1) is 0 Å². The molecule has 0 radical (unpaired) electrons. The molecule has 0 aliphatic heterocycles. The fourth-order valence-corrected chi connectivity index (χ4v) is 1.75. The molecule has 1 rings (SSSR count). The molecule has 0 aliphatic rings. The first-order valence-electron chi connectivity index (χ1n) is 6.51. The summed E-state index contributed by atoms with van der Waals surface area (Å²) < 4.78 is 0. The fraction of sp³-hybridized carbons (Fsp3) is 0.429. The van der Waals surface area contributed by atoms with E-state index in [9.17, 15) is 9.59 Å². The molecule has 0 bridgehead atoms. The van der Waals surface area contributed by atoms with Crippen LogP contribution in [0.4, 0.5) is 0 Å². The van der Waals surface area contributed by atoms with Crippen molar-refractivity contribution in [1.82, 2.24) is 10.2 Å². The summed E-state index contributed by atoms with van der Waals surface area (Å²) in [5, 5.41) is 2.68. The smallest absolute Gasteiger partial charge is 0.253 e. The first-order chi connectivity index (χ1) is 9.13. The summed E-state index contributed by atoms with van der Waals surface area (Å²) in [6.45, 7) is 6.08. The van der Waals surface area contributed by atoms with E-state index in [2.05, 4.69) is 5.32 Å². The van der Waals surface area contributed by atoms with E-state index in [4.69, 9.17) is 5.73 Å². The number of nitrogens with two attached hydrogens (primary N) is 1. The molecule has 2 amide bonds. The third-order valence-corrected chi connectivity index (χ3v) is 2.87. The van der Waals surface area contributed by atoms with Gasteiger partial charge in [0.1, 0.15) is 0 Å². The zero-order chi connectivity index (χ0) is 14.3. The highest BCUT2D eigenvalue weighted by Crippen LogP contribution is 2.08. The minimum atomic E-state index is -0.174. The van der Waals surface area contributed by atoms with Crippen LogP contribution in [0.2, 0.25) is 0 Å². The van der Waals surface area contributed by atoms with Gasteiger partial charge in [0.15, 0.2) is 0 Å². The van der Waals surface area contributed by atoms with Gasteiger partial charge in [0.2, 0.25) is 0 Å². The van der Waals surface area contributed by atoms with E-state index in [-0.39, 0.29) is 24.2 Å². The van der Waals surface area contributed by atoms with Crippen molar-refractivity contribution < 1.29 is 9.59 Å². The number of carbonyl (C=O) groups is 2. The molecule has 0 heterocycles. The molecule has 6 heteroatoms. The summed E-state index contributed by atoms with van der Waals surface area (Å²) in [4.78, 5) is 25.5. The molecule has 0 atom stereocenters. The third kappa shape index (κ3) is 4.83. The molecule has 0 fully saturated rings. The number of halogens is 1. The average molecular weight is 300 g/mol. The third-order valence-electron chi connectivity index (χ3n) is 2.87. The highest BCUT2D eigenvalue weighted by atomic mass is 35.5. The SMILES string of the molecule is CCN(CC)C(=O)c1ccc(C(=O)NCCN)cc1.Cl. The number of nitrogens with zero attached hydrogens (tertiary/aromatic N) is 1. The van der Waals surface area contributed by atoms with Gasteiger partial charge < -0.3 is 16.0 Å². The van der Waals surface area contributed by atoms with Crippen LogP contribution in [-0.4, -0.2) is 42.9 Å². The molecule has 5 nitrogen and oxygen atoms in total. The molecule has 0 saturated carbocycles.